The van der Waals surface area contributed by atoms with Gasteiger partial charge in [-0.1, -0.05) is 36.4 Å². The second kappa shape index (κ2) is 9.82. The van der Waals surface area contributed by atoms with E-state index in [9.17, 15) is 5.11 Å². The van der Waals surface area contributed by atoms with E-state index in [-0.39, 0.29) is 24.3 Å². The van der Waals surface area contributed by atoms with Gasteiger partial charge in [0, 0.05) is 19.2 Å². The fourth-order valence-corrected chi connectivity index (χ4v) is 3.68. The molecule has 0 radical (unpaired) electrons. The van der Waals surface area contributed by atoms with Crippen LogP contribution in [0.15, 0.2) is 64.3 Å². The fraction of sp³-hybridized carbons (Fsp3) is 0.348. The Morgan fingerprint density at radius 2 is 1.97 bits per heavy atom. The van der Waals surface area contributed by atoms with Crippen molar-refractivity contribution in [3.05, 3.63) is 78.0 Å². The van der Waals surface area contributed by atoms with Crippen molar-refractivity contribution in [1.82, 2.24) is 10.1 Å². The Kier molecular flexibility index (Phi) is 6.71. The first-order chi connectivity index (χ1) is 15.2. The maximum Gasteiger partial charge on any atom is 0.261 e. The highest BCUT2D eigenvalue weighted by atomic mass is 16.5. The van der Waals surface area contributed by atoms with Gasteiger partial charge in [-0.15, -0.1) is 6.58 Å². The molecule has 1 N–H and O–H groups in total. The van der Waals surface area contributed by atoms with Crippen LogP contribution in [0.2, 0.25) is 0 Å². The molecule has 4 rings (SSSR count). The summed E-state index contributed by atoms with van der Waals surface area (Å²) in [7, 11) is 1.52. The number of nitrogens with zero attached hydrogens (tertiary/aromatic N) is 2. The molecule has 0 spiro atoms. The van der Waals surface area contributed by atoms with E-state index in [0.29, 0.717) is 43.4 Å². The van der Waals surface area contributed by atoms with E-state index in [0.717, 1.165) is 5.56 Å². The zero-order valence-electron chi connectivity index (χ0n) is 17.4. The van der Waals surface area contributed by atoms with Gasteiger partial charge in [-0.2, -0.15) is 0 Å². The molecule has 0 aliphatic carbocycles. The number of morpholine rings is 1. The molecule has 1 aliphatic rings. The summed E-state index contributed by atoms with van der Waals surface area (Å²) in [6, 6.07) is 11.0. The first-order valence-corrected chi connectivity index (χ1v) is 10.1. The van der Waals surface area contributed by atoms with E-state index >= 15 is 0 Å². The lowest BCUT2D eigenvalue weighted by molar-refractivity contribution is 0.0200. The van der Waals surface area contributed by atoms with Gasteiger partial charge in [-0.25, -0.2) is 0 Å². The molecule has 1 aromatic carbocycles. The largest absolute Gasteiger partial charge is 0.493 e. The number of rotatable bonds is 9. The highest BCUT2D eigenvalue weighted by molar-refractivity contribution is 5.41. The van der Waals surface area contributed by atoms with Gasteiger partial charge >= 0.3 is 0 Å². The normalized spacial score (nSPS) is 16.6. The van der Waals surface area contributed by atoms with Crippen LogP contribution >= 0.6 is 0 Å². The van der Waals surface area contributed by atoms with Crippen LogP contribution in [0, 0.1) is 0 Å². The van der Waals surface area contributed by atoms with Crippen LogP contribution < -0.4 is 9.47 Å². The van der Waals surface area contributed by atoms with E-state index in [4.69, 9.17) is 23.2 Å². The van der Waals surface area contributed by atoms with E-state index in [1.54, 1.807) is 12.1 Å². The van der Waals surface area contributed by atoms with Crippen molar-refractivity contribution in [2.45, 2.75) is 18.8 Å². The van der Waals surface area contributed by atoms with E-state index < -0.39 is 6.10 Å². The van der Waals surface area contributed by atoms with Gasteiger partial charge in [0.25, 0.3) is 5.88 Å². The van der Waals surface area contributed by atoms with Crippen LogP contribution in [-0.4, -0.2) is 48.6 Å². The number of methoxy groups -OCH3 is 1. The molecule has 164 valence electrons. The first-order valence-electron chi connectivity index (χ1n) is 10.1. The average molecular weight is 426 g/mol. The molecule has 1 saturated heterocycles. The molecule has 0 amide bonds. The van der Waals surface area contributed by atoms with Crippen LogP contribution in [0.4, 0.5) is 0 Å². The number of furan rings is 1. The zero-order valence-corrected chi connectivity index (χ0v) is 17.4. The van der Waals surface area contributed by atoms with E-state index in [1.807, 2.05) is 30.3 Å². The minimum atomic E-state index is -1.19. The molecule has 8 nitrogen and oxygen atoms in total. The maximum absolute atomic E-state index is 11.3. The number of hydrogen-bond acceptors (Lipinski definition) is 8. The Labute approximate surface area is 180 Å². The van der Waals surface area contributed by atoms with Gasteiger partial charge in [0.15, 0.2) is 17.3 Å². The molecule has 1 fully saturated rings. The van der Waals surface area contributed by atoms with Crippen LogP contribution in [0.3, 0.4) is 0 Å². The number of aliphatic hydroxyl groups is 1. The van der Waals surface area contributed by atoms with Gasteiger partial charge in [0.05, 0.1) is 38.2 Å². The Balaban J connectivity index is 1.70. The molecule has 2 unspecified atom stereocenters. The van der Waals surface area contributed by atoms with Crippen LogP contribution in [0.1, 0.15) is 34.8 Å². The monoisotopic (exact) mass is 426 g/mol. The maximum atomic E-state index is 11.3. The molecule has 0 bridgehead atoms. The summed E-state index contributed by atoms with van der Waals surface area (Å²) in [5.41, 5.74) is 1.36. The topological polar surface area (TPSA) is 90.3 Å². The van der Waals surface area contributed by atoms with Crippen LogP contribution in [0.5, 0.6) is 11.6 Å². The summed E-state index contributed by atoms with van der Waals surface area (Å²) in [4.78, 5) is 2.16. The Morgan fingerprint density at radius 1 is 1.19 bits per heavy atom. The molecule has 8 heteroatoms. The van der Waals surface area contributed by atoms with Crippen molar-refractivity contribution in [1.29, 1.82) is 0 Å². The average Bonchev–Trinajstić information content (AvgIpc) is 3.46. The summed E-state index contributed by atoms with van der Waals surface area (Å²) in [6.07, 6.45) is 2.03. The molecule has 2 atom stereocenters. The summed E-state index contributed by atoms with van der Waals surface area (Å²) in [5, 5.41) is 15.4. The smallest absolute Gasteiger partial charge is 0.261 e. The first kappa shape index (κ1) is 21.2. The Hall–Kier alpha value is -3.07. The highest BCUT2D eigenvalue weighted by Gasteiger charge is 2.35. The summed E-state index contributed by atoms with van der Waals surface area (Å²) >= 11 is 0. The SMILES string of the molecule is C=CC(c1onc(OCc2ccccc2)c1C(O)c1occc1OC)N1CCOCC1. The number of ether oxygens (including phenoxy) is 3. The second-order valence-corrected chi connectivity index (χ2v) is 7.12. The number of aromatic nitrogens is 1. The van der Waals surface area contributed by atoms with Gasteiger partial charge in [0.1, 0.15) is 12.7 Å². The molecule has 3 aromatic rings. The van der Waals surface area contributed by atoms with Crippen LogP contribution in [-0.2, 0) is 11.3 Å². The lowest BCUT2D eigenvalue weighted by Gasteiger charge is -2.31. The van der Waals surface area contributed by atoms with Gasteiger partial charge in [-0.3, -0.25) is 4.90 Å². The van der Waals surface area contributed by atoms with Gasteiger partial charge in [-0.05, 0) is 10.7 Å². The Bertz CT molecular complexity index is 977. The predicted octanol–water partition coefficient (Wildman–Crippen LogP) is 3.50. The highest BCUT2D eigenvalue weighted by Crippen LogP contribution is 2.41. The zero-order chi connectivity index (χ0) is 21.6. The molecule has 3 heterocycles. The lowest BCUT2D eigenvalue weighted by Crippen LogP contribution is -2.38. The fourth-order valence-electron chi connectivity index (χ4n) is 3.68. The Morgan fingerprint density at radius 3 is 2.68 bits per heavy atom. The van der Waals surface area contributed by atoms with Crippen molar-refractivity contribution in [2.24, 2.45) is 0 Å². The summed E-state index contributed by atoms with van der Waals surface area (Å²) in [5.74, 6) is 1.33. The van der Waals surface area contributed by atoms with Crippen molar-refractivity contribution in [3.8, 4) is 11.6 Å². The third-order valence-electron chi connectivity index (χ3n) is 5.27. The minimum absolute atomic E-state index is 0.199. The summed E-state index contributed by atoms with van der Waals surface area (Å²) < 4.78 is 28.0. The van der Waals surface area contributed by atoms with E-state index in [1.165, 1.54) is 13.4 Å². The number of hydrogen-bond donors (Lipinski definition) is 1. The van der Waals surface area contributed by atoms with Crippen molar-refractivity contribution < 1.29 is 28.3 Å². The quantitative estimate of drug-likeness (QED) is 0.520. The molecular weight excluding hydrogens is 400 g/mol. The van der Waals surface area contributed by atoms with E-state index in [2.05, 4.69) is 16.6 Å². The van der Waals surface area contributed by atoms with Crippen molar-refractivity contribution in [2.75, 3.05) is 33.4 Å². The number of benzene rings is 1. The third kappa shape index (κ3) is 4.51. The second-order valence-electron chi connectivity index (χ2n) is 7.12. The number of aliphatic hydroxyl groups excluding tert-OH is 1. The molecule has 31 heavy (non-hydrogen) atoms. The predicted molar refractivity (Wildman–Crippen MR) is 112 cm³/mol. The van der Waals surface area contributed by atoms with Crippen LogP contribution in [0.25, 0.3) is 0 Å². The summed E-state index contributed by atoms with van der Waals surface area (Å²) in [6.45, 7) is 6.88. The molecule has 2 aromatic heterocycles. The van der Waals surface area contributed by atoms with Crippen molar-refractivity contribution >= 4 is 0 Å². The third-order valence-corrected chi connectivity index (χ3v) is 5.27. The molecular formula is C23H26N2O6. The van der Waals surface area contributed by atoms with Gasteiger partial charge in [0.2, 0.25) is 0 Å². The minimum Gasteiger partial charge on any atom is -0.493 e. The van der Waals surface area contributed by atoms with Crippen molar-refractivity contribution in [3.63, 3.8) is 0 Å². The molecule has 0 saturated carbocycles. The standard InChI is InChI=1S/C23H26N2O6/c1-3-17(25-10-13-28-14-11-25)21-19(20(26)22-18(27-2)9-12-29-22)23(24-31-21)30-15-16-7-5-4-6-8-16/h3-9,12,17,20,26H,1,10-11,13-15H2,2H3. The lowest BCUT2D eigenvalue weighted by atomic mass is 10.0. The van der Waals surface area contributed by atoms with Gasteiger partial charge < -0.3 is 28.3 Å². The molecule has 1 aliphatic heterocycles.